The van der Waals surface area contributed by atoms with Crippen LogP contribution in [0, 0.1) is 0 Å². The van der Waals surface area contributed by atoms with Gasteiger partial charge in [-0.2, -0.15) is 0 Å². The molecule has 0 aromatic carbocycles. The van der Waals surface area contributed by atoms with Gasteiger partial charge in [0.15, 0.2) is 0 Å². The molecule has 0 radical (unpaired) electrons. The standard InChI is InChI=1S/C24H50N.BrH/c1-3-5-7-9-10-11-12-13-14-18-22-25(21-17-8-6-4-2)23-19-15-16-20-24-25;/h3-24H2,1-2H3;1H/q+1;/p-1. The fourth-order valence-electron chi connectivity index (χ4n) is 4.73. The molecule has 1 fully saturated rings. The van der Waals surface area contributed by atoms with E-state index in [2.05, 4.69) is 13.8 Å². The van der Waals surface area contributed by atoms with Crippen molar-refractivity contribution in [1.29, 1.82) is 0 Å². The van der Waals surface area contributed by atoms with Gasteiger partial charge in [-0.15, -0.1) is 0 Å². The van der Waals surface area contributed by atoms with E-state index in [0.29, 0.717) is 0 Å². The van der Waals surface area contributed by atoms with Gasteiger partial charge >= 0.3 is 0 Å². The predicted molar refractivity (Wildman–Crippen MR) is 114 cm³/mol. The molecule has 0 aliphatic carbocycles. The molecule has 0 unspecified atom stereocenters. The Morgan fingerprint density at radius 1 is 0.462 bits per heavy atom. The van der Waals surface area contributed by atoms with Gasteiger partial charge in [0.2, 0.25) is 0 Å². The minimum atomic E-state index is 0. The molecule has 0 aromatic heterocycles. The molecule has 158 valence electrons. The summed E-state index contributed by atoms with van der Waals surface area (Å²) < 4.78 is 1.49. The van der Waals surface area contributed by atoms with E-state index >= 15 is 0 Å². The van der Waals surface area contributed by atoms with Gasteiger partial charge in [-0.3, -0.25) is 0 Å². The molecular formula is C24H50BrN. The van der Waals surface area contributed by atoms with Crippen molar-refractivity contribution in [3.8, 4) is 0 Å². The first-order valence-corrected chi connectivity index (χ1v) is 12.2. The first-order valence-electron chi connectivity index (χ1n) is 12.2. The largest absolute Gasteiger partial charge is 1.00 e. The normalized spacial score (nSPS) is 16.8. The molecule has 0 bridgehead atoms. The predicted octanol–water partition coefficient (Wildman–Crippen LogP) is 4.88. The van der Waals surface area contributed by atoms with Crippen LogP contribution in [0.5, 0.6) is 0 Å². The molecule has 0 aromatic rings. The Hall–Kier alpha value is 0.440. The van der Waals surface area contributed by atoms with Crippen molar-refractivity contribution < 1.29 is 21.5 Å². The SMILES string of the molecule is CCCCCCCCCCCC[N+]1(CCCCCC)CCCCCC1.[Br-]. The van der Waals surface area contributed by atoms with Crippen molar-refractivity contribution in [2.24, 2.45) is 0 Å². The summed E-state index contributed by atoms with van der Waals surface area (Å²) in [6.45, 7) is 10.6. The van der Waals surface area contributed by atoms with Crippen LogP contribution in [0.25, 0.3) is 0 Å². The van der Waals surface area contributed by atoms with Crippen LogP contribution in [-0.4, -0.2) is 30.7 Å². The first-order chi connectivity index (χ1) is 12.3. The average Bonchev–Trinajstić information content (AvgIpc) is 2.86. The van der Waals surface area contributed by atoms with E-state index in [1.54, 1.807) is 0 Å². The van der Waals surface area contributed by atoms with Gasteiger partial charge in [0, 0.05) is 0 Å². The van der Waals surface area contributed by atoms with Gasteiger partial charge in [-0.25, -0.2) is 0 Å². The Kier molecular flexibility index (Phi) is 19.1. The maximum Gasteiger partial charge on any atom is 0.0786 e. The quantitative estimate of drug-likeness (QED) is 0.241. The molecule has 0 N–H and O–H groups in total. The van der Waals surface area contributed by atoms with Crippen molar-refractivity contribution in [2.45, 2.75) is 129 Å². The van der Waals surface area contributed by atoms with E-state index in [0.717, 1.165) is 0 Å². The van der Waals surface area contributed by atoms with Crippen molar-refractivity contribution >= 4 is 0 Å². The van der Waals surface area contributed by atoms with E-state index in [9.17, 15) is 0 Å². The van der Waals surface area contributed by atoms with E-state index in [-0.39, 0.29) is 17.0 Å². The van der Waals surface area contributed by atoms with Crippen molar-refractivity contribution in [3.63, 3.8) is 0 Å². The minimum Gasteiger partial charge on any atom is -1.00 e. The Labute approximate surface area is 177 Å². The fourth-order valence-corrected chi connectivity index (χ4v) is 4.73. The highest BCUT2D eigenvalue weighted by Crippen LogP contribution is 2.22. The number of rotatable bonds is 16. The highest BCUT2D eigenvalue weighted by molar-refractivity contribution is 4.56. The van der Waals surface area contributed by atoms with E-state index in [1.807, 2.05) is 0 Å². The zero-order valence-electron chi connectivity index (χ0n) is 18.4. The van der Waals surface area contributed by atoms with Crippen molar-refractivity contribution in [2.75, 3.05) is 26.2 Å². The molecule has 1 aliphatic rings. The maximum absolute atomic E-state index is 2.33. The Morgan fingerprint density at radius 2 is 0.808 bits per heavy atom. The molecule has 0 saturated carbocycles. The zero-order chi connectivity index (χ0) is 18.1. The van der Waals surface area contributed by atoms with Gasteiger partial charge in [-0.05, 0) is 51.4 Å². The number of quaternary nitrogens is 1. The number of halogens is 1. The lowest BCUT2D eigenvalue weighted by Crippen LogP contribution is -3.00. The topological polar surface area (TPSA) is 0 Å². The average molecular weight is 433 g/mol. The Morgan fingerprint density at radius 3 is 1.23 bits per heavy atom. The second-order valence-corrected chi connectivity index (χ2v) is 8.89. The summed E-state index contributed by atoms with van der Waals surface area (Å²) in [4.78, 5) is 0. The summed E-state index contributed by atoms with van der Waals surface area (Å²) in [6.07, 6.45) is 26.4. The van der Waals surface area contributed by atoms with Crippen molar-refractivity contribution in [1.82, 2.24) is 0 Å². The van der Waals surface area contributed by atoms with Gasteiger partial charge in [0.25, 0.3) is 0 Å². The second kappa shape index (κ2) is 18.8. The molecule has 1 saturated heterocycles. The molecule has 0 spiro atoms. The highest BCUT2D eigenvalue weighted by atomic mass is 79.9. The highest BCUT2D eigenvalue weighted by Gasteiger charge is 2.27. The molecule has 0 atom stereocenters. The molecule has 26 heavy (non-hydrogen) atoms. The van der Waals surface area contributed by atoms with Gasteiger partial charge in [0.1, 0.15) is 0 Å². The molecular weight excluding hydrogens is 382 g/mol. The van der Waals surface area contributed by atoms with Crippen LogP contribution in [0.1, 0.15) is 129 Å². The molecule has 1 rings (SSSR count). The number of unbranched alkanes of at least 4 members (excludes halogenated alkanes) is 12. The third-order valence-corrected chi connectivity index (χ3v) is 6.49. The van der Waals surface area contributed by atoms with Gasteiger partial charge < -0.3 is 21.5 Å². The third kappa shape index (κ3) is 13.6. The number of hydrogen-bond donors (Lipinski definition) is 0. The van der Waals surface area contributed by atoms with Crippen LogP contribution >= 0.6 is 0 Å². The van der Waals surface area contributed by atoms with Crippen LogP contribution in [0.4, 0.5) is 0 Å². The summed E-state index contributed by atoms with van der Waals surface area (Å²) in [5, 5.41) is 0. The first kappa shape index (κ1) is 26.4. The Bertz CT molecular complexity index is 271. The number of likely N-dealkylation sites (tertiary alicyclic amines) is 1. The van der Waals surface area contributed by atoms with Crippen LogP contribution < -0.4 is 17.0 Å². The summed E-state index contributed by atoms with van der Waals surface area (Å²) in [5.41, 5.74) is 0. The fraction of sp³-hybridized carbons (Fsp3) is 1.00. The summed E-state index contributed by atoms with van der Waals surface area (Å²) in [5.74, 6) is 0. The third-order valence-electron chi connectivity index (χ3n) is 6.49. The second-order valence-electron chi connectivity index (χ2n) is 8.89. The van der Waals surface area contributed by atoms with Gasteiger partial charge in [-0.1, -0.05) is 78.1 Å². The number of nitrogens with zero attached hydrogens (tertiary/aromatic N) is 1. The monoisotopic (exact) mass is 431 g/mol. The lowest BCUT2D eigenvalue weighted by molar-refractivity contribution is -0.928. The lowest BCUT2D eigenvalue weighted by Gasteiger charge is -2.38. The lowest BCUT2D eigenvalue weighted by atomic mass is 10.1. The Balaban J connectivity index is 0.00000625. The van der Waals surface area contributed by atoms with Crippen molar-refractivity contribution in [3.05, 3.63) is 0 Å². The maximum atomic E-state index is 2.33. The van der Waals surface area contributed by atoms with E-state index in [1.165, 1.54) is 146 Å². The molecule has 1 heterocycles. The van der Waals surface area contributed by atoms with E-state index in [4.69, 9.17) is 0 Å². The molecule has 1 nitrogen and oxygen atoms in total. The molecule has 1 aliphatic heterocycles. The molecule has 0 amide bonds. The van der Waals surface area contributed by atoms with Crippen LogP contribution in [-0.2, 0) is 0 Å². The van der Waals surface area contributed by atoms with E-state index < -0.39 is 0 Å². The zero-order valence-corrected chi connectivity index (χ0v) is 20.0. The number of hydrogen-bond acceptors (Lipinski definition) is 0. The van der Waals surface area contributed by atoms with Crippen LogP contribution in [0.15, 0.2) is 0 Å². The summed E-state index contributed by atoms with van der Waals surface area (Å²) in [6, 6.07) is 0. The van der Waals surface area contributed by atoms with Crippen LogP contribution in [0.2, 0.25) is 0 Å². The smallest absolute Gasteiger partial charge is 0.0786 e. The molecule has 2 heteroatoms. The van der Waals surface area contributed by atoms with Crippen LogP contribution in [0.3, 0.4) is 0 Å². The summed E-state index contributed by atoms with van der Waals surface area (Å²) in [7, 11) is 0. The van der Waals surface area contributed by atoms with Gasteiger partial charge in [0.05, 0.1) is 26.2 Å². The minimum absolute atomic E-state index is 0. The summed E-state index contributed by atoms with van der Waals surface area (Å²) >= 11 is 0.